The maximum Gasteiger partial charge on any atom is 0.150 e. The SMILES string of the molecule is C[C@@H](Nc1ncnc(N)c1C#N)c1nc2cccc(F)c2n1-c1cc(F)cc(F)c1.C[C@H](Nc1ncnc(N)c1C#N)c1nc2cccc(F)c2n1-c1cc(F)cc(F)c1. The number of aromatic nitrogens is 8. The van der Waals surface area contributed by atoms with E-state index in [1.54, 1.807) is 26.0 Å². The molecule has 300 valence electrons. The molecular weight excluding hydrogens is 791 g/mol. The van der Waals surface area contributed by atoms with Gasteiger partial charge in [0.05, 0.1) is 34.5 Å². The first kappa shape index (κ1) is 40.0. The highest BCUT2D eigenvalue weighted by molar-refractivity contribution is 5.80. The van der Waals surface area contributed by atoms with Crippen molar-refractivity contribution in [1.82, 2.24) is 39.0 Å². The van der Waals surface area contributed by atoms with Gasteiger partial charge in [-0.25, -0.2) is 56.2 Å². The van der Waals surface area contributed by atoms with Gasteiger partial charge in [0.25, 0.3) is 0 Å². The Morgan fingerprint density at radius 2 is 0.933 bits per heavy atom. The van der Waals surface area contributed by atoms with Crippen LogP contribution in [0.25, 0.3) is 33.4 Å². The first-order chi connectivity index (χ1) is 28.8. The summed E-state index contributed by atoms with van der Waals surface area (Å²) in [5.74, 6) is -3.67. The summed E-state index contributed by atoms with van der Waals surface area (Å²) in [7, 11) is 0. The van der Waals surface area contributed by atoms with Crippen molar-refractivity contribution in [3.8, 4) is 23.5 Å². The van der Waals surface area contributed by atoms with Gasteiger partial charge in [-0.1, -0.05) is 12.1 Å². The van der Waals surface area contributed by atoms with Crippen LogP contribution < -0.4 is 22.1 Å². The molecule has 14 nitrogen and oxygen atoms in total. The monoisotopic (exact) mass is 818 g/mol. The second-order valence-corrected chi connectivity index (χ2v) is 13.0. The number of benzene rings is 4. The number of nitrogens with zero attached hydrogens (tertiary/aromatic N) is 10. The number of para-hydroxylation sites is 2. The summed E-state index contributed by atoms with van der Waals surface area (Å²) >= 11 is 0. The molecule has 0 aliphatic rings. The molecule has 4 aromatic carbocycles. The number of hydrogen-bond donors (Lipinski definition) is 4. The van der Waals surface area contributed by atoms with Gasteiger partial charge in [0.1, 0.15) is 117 Å². The van der Waals surface area contributed by atoms with Gasteiger partial charge in [0.2, 0.25) is 0 Å². The molecule has 0 radical (unpaired) electrons. The van der Waals surface area contributed by atoms with Crippen LogP contribution in [0.15, 0.2) is 85.5 Å². The van der Waals surface area contributed by atoms with E-state index < -0.39 is 47.0 Å². The second-order valence-electron chi connectivity index (χ2n) is 13.0. The molecular formula is C40H28F6N14. The number of imidazole rings is 2. The standard InChI is InChI=1S/2C20H14F3N7/c2*1-10(28-19-14(8-24)18(25)26-9-27-19)20-29-16-4-2-3-15(23)17(16)30(20)13-6-11(21)5-12(22)7-13/h2*2-7,9-10H,1H3,(H3,25,26,27,28)/t2*10-/m10/s1. The quantitative estimate of drug-likeness (QED) is 0.109. The summed E-state index contributed by atoms with van der Waals surface area (Å²) in [5.41, 5.74) is 12.3. The van der Waals surface area contributed by atoms with E-state index in [9.17, 15) is 36.9 Å². The van der Waals surface area contributed by atoms with Crippen LogP contribution in [0.1, 0.15) is 48.7 Å². The minimum absolute atomic E-state index is 0.00560. The molecule has 60 heavy (non-hydrogen) atoms. The number of nitrogens with two attached hydrogens (primary N) is 2. The third-order valence-electron chi connectivity index (χ3n) is 8.98. The van der Waals surface area contributed by atoms with Gasteiger partial charge in [0.15, 0.2) is 0 Å². The molecule has 0 fully saturated rings. The highest BCUT2D eigenvalue weighted by Crippen LogP contribution is 2.32. The number of fused-ring (bicyclic) bond motifs is 2. The van der Waals surface area contributed by atoms with E-state index in [0.717, 1.165) is 36.4 Å². The van der Waals surface area contributed by atoms with Crippen LogP contribution in [-0.4, -0.2) is 39.0 Å². The van der Waals surface area contributed by atoms with Crippen molar-refractivity contribution < 1.29 is 26.3 Å². The Labute approximate surface area is 335 Å². The summed E-state index contributed by atoms with van der Waals surface area (Å²) in [5, 5.41) is 24.6. The van der Waals surface area contributed by atoms with E-state index in [1.165, 1.54) is 46.1 Å². The average molecular weight is 819 g/mol. The molecule has 0 saturated carbocycles. The van der Waals surface area contributed by atoms with E-state index in [0.29, 0.717) is 11.0 Å². The van der Waals surface area contributed by atoms with Crippen molar-refractivity contribution in [2.24, 2.45) is 0 Å². The highest BCUT2D eigenvalue weighted by atomic mass is 19.2. The zero-order chi connectivity index (χ0) is 42.8. The Balaban J connectivity index is 0.000000181. The molecule has 2 atom stereocenters. The molecule has 6 N–H and O–H groups in total. The van der Waals surface area contributed by atoms with Crippen molar-refractivity contribution in [1.29, 1.82) is 10.5 Å². The summed E-state index contributed by atoms with van der Waals surface area (Å²) in [4.78, 5) is 24.5. The fourth-order valence-corrected chi connectivity index (χ4v) is 6.42. The van der Waals surface area contributed by atoms with E-state index in [2.05, 4.69) is 40.5 Å². The number of rotatable bonds is 8. The van der Waals surface area contributed by atoms with Gasteiger partial charge in [-0.05, 0) is 62.4 Å². The van der Waals surface area contributed by atoms with Gasteiger partial charge in [-0.15, -0.1) is 0 Å². The molecule has 0 spiro atoms. The first-order valence-corrected chi connectivity index (χ1v) is 17.6. The smallest absolute Gasteiger partial charge is 0.150 e. The first-order valence-electron chi connectivity index (χ1n) is 17.6. The topological polar surface area (TPSA) is 211 Å². The Bertz CT molecular complexity index is 2780. The van der Waals surface area contributed by atoms with Crippen LogP contribution in [0.5, 0.6) is 0 Å². The lowest BCUT2D eigenvalue weighted by atomic mass is 10.2. The molecule has 0 aliphatic carbocycles. The van der Waals surface area contributed by atoms with Crippen LogP contribution in [0.2, 0.25) is 0 Å². The molecule has 0 aliphatic heterocycles. The molecule has 0 unspecified atom stereocenters. The van der Waals surface area contributed by atoms with Gasteiger partial charge in [-0.2, -0.15) is 10.5 Å². The largest absolute Gasteiger partial charge is 0.382 e. The van der Waals surface area contributed by atoms with Crippen molar-refractivity contribution >= 4 is 45.3 Å². The minimum Gasteiger partial charge on any atom is -0.382 e. The summed E-state index contributed by atoms with van der Waals surface area (Å²) in [6, 6.07) is 16.9. The van der Waals surface area contributed by atoms with Gasteiger partial charge < -0.3 is 22.1 Å². The predicted molar refractivity (Wildman–Crippen MR) is 208 cm³/mol. The normalized spacial score (nSPS) is 12.0. The Hall–Kier alpha value is -8.26. The zero-order valence-corrected chi connectivity index (χ0v) is 31.1. The van der Waals surface area contributed by atoms with Gasteiger partial charge in [0, 0.05) is 12.1 Å². The van der Waals surface area contributed by atoms with Crippen molar-refractivity contribution in [2.45, 2.75) is 25.9 Å². The summed E-state index contributed by atoms with van der Waals surface area (Å²) < 4.78 is 87.5. The molecule has 0 saturated heterocycles. The average Bonchev–Trinajstić information content (AvgIpc) is 3.79. The molecule has 20 heteroatoms. The molecule has 4 heterocycles. The number of nitriles is 2. The number of hydrogen-bond acceptors (Lipinski definition) is 12. The lowest BCUT2D eigenvalue weighted by Crippen LogP contribution is -2.16. The van der Waals surface area contributed by atoms with Gasteiger partial charge in [-0.3, -0.25) is 9.13 Å². The minimum atomic E-state index is -0.815. The van der Waals surface area contributed by atoms with Gasteiger partial charge >= 0.3 is 0 Å². The molecule has 0 bridgehead atoms. The molecule has 0 amide bonds. The third-order valence-corrected chi connectivity index (χ3v) is 8.98. The highest BCUT2D eigenvalue weighted by Gasteiger charge is 2.25. The second kappa shape index (κ2) is 16.3. The molecule has 8 aromatic rings. The number of nitrogen functional groups attached to an aromatic ring is 2. The fraction of sp³-hybridized carbons (Fsp3) is 0.100. The van der Waals surface area contributed by atoms with Crippen molar-refractivity contribution in [3.05, 3.63) is 143 Å². The van der Waals surface area contributed by atoms with E-state index in [-0.39, 0.29) is 68.5 Å². The van der Waals surface area contributed by atoms with Crippen molar-refractivity contribution in [2.75, 3.05) is 22.1 Å². The number of halogens is 6. The molecule has 8 rings (SSSR count). The van der Waals surface area contributed by atoms with Crippen LogP contribution in [0.4, 0.5) is 49.6 Å². The van der Waals surface area contributed by atoms with E-state index >= 15 is 0 Å². The third kappa shape index (κ3) is 7.72. The molecule has 4 aromatic heterocycles. The summed E-state index contributed by atoms with van der Waals surface area (Å²) in [6.07, 6.45) is 2.38. The van der Waals surface area contributed by atoms with Crippen LogP contribution in [0.3, 0.4) is 0 Å². The summed E-state index contributed by atoms with van der Waals surface area (Å²) in [6.45, 7) is 3.37. The lowest BCUT2D eigenvalue weighted by Gasteiger charge is -2.18. The van der Waals surface area contributed by atoms with E-state index in [1.807, 2.05) is 12.1 Å². The Morgan fingerprint density at radius 3 is 1.28 bits per heavy atom. The number of nitrogens with one attached hydrogen (secondary N) is 2. The van der Waals surface area contributed by atoms with Crippen LogP contribution >= 0.6 is 0 Å². The number of anilines is 4. The lowest BCUT2D eigenvalue weighted by molar-refractivity contribution is 0.579. The maximum atomic E-state index is 14.7. The Kier molecular flexibility index (Phi) is 10.9. The zero-order valence-electron chi connectivity index (χ0n) is 31.1. The van der Waals surface area contributed by atoms with E-state index in [4.69, 9.17) is 11.5 Å². The van der Waals surface area contributed by atoms with Crippen LogP contribution in [-0.2, 0) is 0 Å². The van der Waals surface area contributed by atoms with Crippen LogP contribution in [0, 0.1) is 57.6 Å². The Morgan fingerprint density at radius 1 is 0.567 bits per heavy atom. The fourth-order valence-electron chi connectivity index (χ4n) is 6.42. The predicted octanol–water partition coefficient (Wildman–Crippen LogP) is 7.72. The van der Waals surface area contributed by atoms with Crippen molar-refractivity contribution in [3.63, 3.8) is 0 Å². The maximum absolute atomic E-state index is 14.7.